The monoisotopic (exact) mass is 1920 g/mol. The molecule has 28 rings (SSSR count). The molecule has 25 aromatic rings. The van der Waals surface area contributed by atoms with E-state index in [9.17, 15) is 0 Å². The Labute approximate surface area is 871 Å². The topological polar surface area (TPSA) is 89.0 Å². The Kier molecular flexibility index (Phi) is 23.8. The second-order valence-electron chi connectivity index (χ2n) is 37.5. The van der Waals surface area contributed by atoms with Crippen molar-refractivity contribution in [2.45, 2.75) is 0 Å². The molecule has 3 aliphatic rings. The van der Waals surface area contributed by atoms with Gasteiger partial charge in [-0.05, 0) is 182 Å². The van der Waals surface area contributed by atoms with E-state index in [1.165, 1.54) is 61.3 Å². The standard InChI is InChI=1S/C51H35N3.C45H31N3.C43H29N5/c1-4-15-36(16-5-1)41-34-47(38-17-6-2-7-18-38)52-48(35-41)39-29-27-37(28-30-39)40-19-14-22-43(33-40)54-49-26-13-12-24-45(49)44-23-10-11-25-46(44)51-50(54)31-32-53(51)42-20-8-3-9-21-42;1-4-15-32(16-5-1)35-21-14-22-37(29-35)48-42-26-13-12-24-39(42)38-23-10-11-25-40(38)45-43(48)27-28-47(45)44-31-36(33-17-6-2-7-18-33)30-41(46-44)34-19-8-3-9-20-34;1-4-15-30(16-5-1)33-21-14-22-34(29-33)48-38-26-13-12-24-36(38)35-23-10-11-25-37(35)40-39(48)27-28-47(40)43-45-41(31-17-6-2-7-18-31)44-42(46-43)32-19-8-3-9-20-32/h1-35H;1-31H;1-29H. The van der Waals surface area contributed by atoms with Crippen molar-refractivity contribution in [1.82, 2.24) is 38.6 Å². The molecule has 0 saturated carbocycles. The molecule has 3 aliphatic heterocycles. The Morgan fingerprint density at radius 2 is 0.387 bits per heavy atom. The first-order valence-electron chi connectivity index (χ1n) is 50.7. The summed E-state index contributed by atoms with van der Waals surface area (Å²) in [5.41, 5.74) is 44.6. The summed E-state index contributed by atoms with van der Waals surface area (Å²) in [5.74, 6) is 2.68. The average molecular weight is 1920 g/mol. The molecule has 0 bridgehead atoms. The van der Waals surface area contributed by atoms with Crippen LogP contribution in [0, 0.1) is 0 Å². The molecule has 11 heteroatoms. The SMILES string of the molecule is c1ccc(-c2cc(-c3ccccc3)nc(-c3ccc(-c4cccc(N5c6ccccc6-c6ccccc6-c6c5ccn6-c5ccccc5)c4)cc3)c2)cc1.c1ccc(-c2cccc(N3c4ccccc4-c4ccccc4-c4c3ccn4-c3cc(-c4ccccc4)cc(-c4ccccc4)n3)c2)cc1.c1ccc(-c2cccc(N3c4ccccc4-c4ccccc4-c4c3ccn4-c3nc(-c4ccccc4)nc(-c4ccccc4)n3)c2)cc1. The largest absolute Gasteiger partial charge is 0.315 e. The van der Waals surface area contributed by atoms with Gasteiger partial charge in [-0.2, -0.15) is 9.97 Å². The van der Waals surface area contributed by atoms with Crippen LogP contribution < -0.4 is 14.7 Å². The number of rotatable bonds is 16. The number of nitrogens with zero attached hydrogens (tertiary/aromatic N) is 11. The summed E-state index contributed by atoms with van der Waals surface area (Å²) in [4.78, 5) is 32.8. The van der Waals surface area contributed by atoms with Crippen LogP contribution in [0.25, 0.3) is 197 Å². The highest BCUT2D eigenvalue weighted by atomic mass is 15.2. The van der Waals surface area contributed by atoms with Crippen LogP contribution in [-0.2, 0) is 0 Å². The predicted octanol–water partition coefficient (Wildman–Crippen LogP) is 36.4. The lowest BCUT2D eigenvalue weighted by Crippen LogP contribution is -2.11. The molecule has 11 nitrogen and oxygen atoms in total. The van der Waals surface area contributed by atoms with Crippen molar-refractivity contribution < 1.29 is 0 Å². The van der Waals surface area contributed by atoms with Crippen LogP contribution in [0.2, 0.25) is 0 Å². The third-order valence-electron chi connectivity index (χ3n) is 28.4. The van der Waals surface area contributed by atoms with Crippen LogP contribution in [0.5, 0.6) is 0 Å². The van der Waals surface area contributed by atoms with Gasteiger partial charge in [0.25, 0.3) is 0 Å². The summed E-state index contributed by atoms with van der Waals surface area (Å²) in [6.45, 7) is 0. The molecule has 0 saturated heterocycles. The highest BCUT2D eigenvalue weighted by Gasteiger charge is 2.35. The van der Waals surface area contributed by atoms with Crippen molar-refractivity contribution in [2.75, 3.05) is 14.7 Å². The number of anilines is 9. The summed E-state index contributed by atoms with van der Waals surface area (Å²) in [6, 6.07) is 197. The fourth-order valence-electron chi connectivity index (χ4n) is 21.4. The molecule has 19 aromatic carbocycles. The quantitative estimate of drug-likeness (QED) is 0.0945. The molecule has 0 spiro atoms. The molecule has 0 aliphatic carbocycles. The summed E-state index contributed by atoms with van der Waals surface area (Å²) < 4.78 is 6.71. The normalized spacial score (nSPS) is 11.7. The van der Waals surface area contributed by atoms with E-state index in [4.69, 9.17) is 24.9 Å². The Bertz CT molecular complexity index is 8720. The van der Waals surface area contributed by atoms with Crippen LogP contribution in [-0.4, -0.2) is 38.6 Å². The number of hydrogen-bond acceptors (Lipinski definition) is 8. The Morgan fingerprint density at radius 3 is 0.767 bits per heavy atom. The van der Waals surface area contributed by atoms with Crippen molar-refractivity contribution in [3.05, 3.63) is 577 Å². The number of aromatic nitrogens is 8. The lowest BCUT2D eigenvalue weighted by molar-refractivity contribution is 0.917. The fourth-order valence-corrected chi connectivity index (χ4v) is 21.4. The first kappa shape index (κ1) is 89.8. The molecule has 706 valence electrons. The van der Waals surface area contributed by atoms with Crippen LogP contribution in [0.4, 0.5) is 51.2 Å². The van der Waals surface area contributed by atoms with E-state index >= 15 is 0 Å². The molecular weight excluding hydrogens is 1820 g/mol. The van der Waals surface area contributed by atoms with E-state index in [0.717, 1.165) is 169 Å². The summed E-state index contributed by atoms with van der Waals surface area (Å²) in [5, 5.41) is 0. The van der Waals surface area contributed by atoms with E-state index < -0.39 is 0 Å². The van der Waals surface area contributed by atoms with Gasteiger partial charge in [-0.3, -0.25) is 9.13 Å². The Morgan fingerprint density at radius 1 is 0.133 bits per heavy atom. The van der Waals surface area contributed by atoms with Gasteiger partial charge >= 0.3 is 0 Å². The van der Waals surface area contributed by atoms with Crippen molar-refractivity contribution >= 4 is 51.2 Å². The van der Waals surface area contributed by atoms with E-state index in [1.54, 1.807) is 0 Å². The lowest BCUT2D eigenvalue weighted by Gasteiger charge is -2.26. The summed E-state index contributed by atoms with van der Waals surface area (Å²) in [6.07, 6.45) is 6.46. The zero-order chi connectivity index (χ0) is 99.6. The van der Waals surface area contributed by atoms with Crippen LogP contribution in [0.1, 0.15) is 0 Å². The molecule has 0 N–H and O–H groups in total. The Balaban J connectivity index is 0.000000114. The third kappa shape index (κ3) is 17.3. The van der Waals surface area contributed by atoms with Crippen molar-refractivity contribution in [2.24, 2.45) is 0 Å². The number of benzene rings is 19. The van der Waals surface area contributed by atoms with E-state index in [1.807, 2.05) is 72.8 Å². The van der Waals surface area contributed by atoms with Gasteiger partial charge in [0.05, 0.1) is 68.3 Å². The van der Waals surface area contributed by atoms with E-state index in [0.29, 0.717) is 17.6 Å². The molecular formula is C139H95N11. The van der Waals surface area contributed by atoms with Crippen molar-refractivity contribution in [3.63, 3.8) is 0 Å². The van der Waals surface area contributed by atoms with Crippen LogP contribution in [0.3, 0.4) is 0 Å². The first-order chi connectivity index (χ1) is 74.4. The number of hydrogen-bond donors (Lipinski definition) is 0. The minimum atomic E-state index is 0.558. The van der Waals surface area contributed by atoms with Crippen LogP contribution >= 0.6 is 0 Å². The third-order valence-corrected chi connectivity index (χ3v) is 28.4. The van der Waals surface area contributed by atoms with E-state index in [2.05, 4.69) is 532 Å². The van der Waals surface area contributed by atoms with Gasteiger partial charge in [-0.15, -0.1) is 0 Å². The number of pyridine rings is 2. The van der Waals surface area contributed by atoms with Gasteiger partial charge in [0.15, 0.2) is 11.6 Å². The van der Waals surface area contributed by atoms with Gasteiger partial charge in [-0.1, -0.05) is 449 Å². The Hall–Kier alpha value is -20.3. The minimum absolute atomic E-state index is 0.558. The maximum Gasteiger partial charge on any atom is 0.238 e. The zero-order valence-electron chi connectivity index (χ0n) is 81.8. The van der Waals surface area contributed by atoms with Gasteiger partial charge < -0.3 is 19.3 Å². The maximum atomic E-state index is 5.33. The van der Waals surface area contributed by atoms with Crippen LogP contribution in [0.15, 0.2) is 577 Å². The first-order valence-corrected chi connectivity index (χ1v) is 50.7. The summed E-state index contributed by atoms with van der Waals surface area (Å²) >= 11 is 0. The fraction of sp³-hybridized carbons (Fsp3) is 0. The van der Waals surface area contributed by atoms with Gasteiger partial charge in [0, 0.05) is 103 Å². The second-order valence-corrected chi connectivity index (χ2v) is 37.5. The molecule has 0 radical (unpaired) electrons. The smallest absolute Gasteiger partial charge is 0.238 e. The molecule has 6 aromatic heterocycles. The van der Waals surface area contributed by atoms with Crippen molar-refractivity contribution in [1.29, 1.82) is 0 Å². The molecule has 0 unspecified atom stereocenters. The number of para-hydroxylation sites is 4. The van der Waals surface area contributed by atoms with Crippen molar-refractivity contribution in [3.8, 4) is 197 Å². The minimum Gasteiger partial charge on any atom is -0.315 e. The zero-order valence-corrected chi connectivity index (χ0v) is 81.8. The highest BCUT2D eigenvalue weighted by molar-refractivity contribution is 6.06. The van der Waals surface area contributed by atoms with Gasteiger partial charge in [-0.25, -0.2) is 15.0 Å². The molecule has 0 fully saturated rings. The highest BCUT2D eigenvalue weighted by Crippen LogP contribution is 2.57. The summed E-state index contributed by atoms with van der Waals surface area (Å²) in [7, 11) is 0. The van der Waals surface area contributed by atoms with E-state index in [-0.39, 0.29) is 0 Å². The molecule has 0 amide bonds. The van der Waals surface area contributed by atoms with Gasteiger partial charge in [0.1, 0.15) is 5.82 Å². The molecule has 0 atom stereocenters. The molecule has 9 heterocycles. The maximum absolute atomic E-state index is 5.33. The second kappa shape index (κ2) is 39.8. The van der Waals surface area contributed by atoms with Gasteiger partial charge in [0.2, 0.25) is 5.95 Å². The number of fused-ring (bicyclic) bond motifs is 15. The average Bonchev–Trinajstić information content (AvgIpc) is 1.58. The predicted molar refractivity (Wildman–Crippen MR) is 618 cm³/mol. The lowest BCUT2D eigenvalue weighted by atomic mass is 9.97. The molecule has 150 heavy (non-hydrogen) atoms.